The topological polar surface area (TPSA) is 114 Å². The molecule has 0 aliphatic carbocycles. The van der Waals surface area contributed by atoms with Gasteiger partial charge in [-0.3, -0.25) is 30.0 Å². The van der Waals surface area contributed by atoms with Crippen LogP contribution in [-0.2, 0) is 19.1 Å². The van der Waals surface area contributed by atoms with E-state index in [2.05, 4.69) is 32.1 Å². The highest BCUT2D eigenvalue weighted by molar-refractivity contribution is 9.10. The molecule has 0 unspecified atom stereocenters. The lowest BCUT2D eigenvalue weighted by Gasteiger charge is -2.11. The number of esters is 1. The maximum absolute atomic E-state index is 12.0. The van der Waals surface area contributed by atoms with Crippen LogP contribution >= 0.6 is 27.5 Å². The van der Waals surface area contributed by atoms with E-state index in [4.69, 9.17) is 16.3 Å². The molecule has 2 aromatic carbocycles. The second kappa shape index (κ2) is 12.1. The maximum atomic E-state index is 12.0. The van der Waals surface area contributed by atoms with Crippen LogP contribution < -0.4 is 16.2 Å². The van der Waals surface area contributed by atoms with Gasteiger partial charge < -0.3 is 10.1 Å². The van der Waals surface area contributed by atoms with Gasteiger partial charge in [-0.25, -0.2) is 0 Å². The number of rotatable bonds is 8. The Bertz CT molecular complexity index is 969. The van der Waals surface area contributed by atoms with Crippen LogP contribution in [0.15, 0.2) is 46.9 Å². The summed E-state index contributed by atoms with van der Waals surface area (Å²) in [6, 6.07) is 11.8. The molecule has 2 aromatic rings. The summed E-state index contributed by atoms with van der Waals surface area (Å²) < 4.78 is 5.62. The molecule has 0 atom stereocenters. The van der Waals surface area contributed by atoms with Crippen molar-refractivity contribution < 1.29 is 23.9 Å². The van der Waals surface area contributed by atoms with Gasteiger partial charge in [0.2, 0.25) is 5.91 Å². The highest BCUT2D eigenvalue weighted by Gasteiger charge is 2.13. The minimum absolute atomic E-state index is 0.00690. The number of halogens is 2. The van der Waals surface area contributed by atoms with E-state index in [-0.39, 0.29) is 19.3 Å². The number of hydrazine groups is 1. The standard InChI is InChI=1S/C21H21BrClN3O5/c1-13-16(11-10-15(22)20(13)23)24-18(28)12-31-19(29)9-5-8-17(27)25-26-21(30)14-6-3-2-4-7-14/h2-4,6-7,10-11H,5,8-9,12H2,1H3,(H,24,28)(H,25,27)(H,26,30). The Morgan fingerprint density at radius 3 is 2.39 bits per heavy atom. The van der Waals surface area contributed by atoms with Crippen LogP contribution in [0.4, 0.5) is 5.69 Å². The highest BCUT2D eigenvalue weighted by Crippen LogP contribution is 2.30. The Morgan fingerprint density at radius 1 is 0.968 bits per heavy atom. The van der Waals surface area contributed by atoms with Gasteiger partial charge >= 0.3 is 5.97 Å². The molecule has 0 fully saturated rings. The van der Waals surface area contributed by atoms with E-state index < -0.39 is 30.3 Å². The predicted octanol–water partition coefficient (Wildman–Crippen LogP) is 3.52. The van der Waals surface area contributed by atoms with Gasteiger partial charge in [-0.2, -0.15) is 0 Å². The van der Waals surface area contributed by atoms with Crippen molar-refractivity contribution in [2.24, 2.45) is 0 Å². The molecule has 0 radical (unpaired) electrons. The lowest BCUT2D eigenvalue weighted by molar-refractivity contribution is -0.147. The first-order chi connectivity index (χ1) is 14.8. The third-order valence-corrected chi connectivity index (χ3v) is 5.49. The molecule has 3 N–H and O–H groups in total. The van der Waals surface area contributed by atoms with Gasteiger partial charge in [0.05, 0.1) is 5.02 Å². The molecular formula is C21H21BrClN3O5. The van der Waals surface area contributed by atoms with Gasteiger partial charge in [-0.05, 0) is 59.1 Å². The molecule has 3 amide bonds. The Balaban J connectivity index is 1.63. The fourth-order valence-electron chi connectivity index (χ4n) is 2.44. The van der Waals surface area contributed by atoms with Crippen molar-refractivity contribution >= 4 is 56.9 Å². The van der Waals surface area contributed by atoms with Crippen LogP contribution in [-0.4, -0.2) is 30.3 Å². The second-order valence-electron chi connectivity index (χ2n) is 6.46. The summed E-state index contributed by atoms with van der Waals surface area (Å²) in [6.07, 6.45) is 0.165. The first-order valence-electron chi connectivity index (χ1n) is 9.32. The summed E-state index contributed by atoms with van der Waals surface area (Å²) in [5, 5.41) is 3.10. The van der Waals surface area contributed by atoms with E-state index in [0.29, 0.717) is 26.3 Å². The number of carbonyl (C=O) groups is 4. The van der Waals surface area contributed by atoms with Gasteiger partial charge in [-0.1, -0.05) is 29.8 Å². The normalized spacial score (nSPS) is 10.2. The summed E-state index contributed by atoms with van der Waals surface area (Å²) in [5.41, 5.74) is 6.18. The SMILES string of the molecule is Cc1c(NC(=O)COC(=O)CCCC(=O)NNC(=O)c2ccccc2)ccc(Br)c1Cl. The van der Waals surface area contributed by atoms with Gasteiger partial charge in [0, 0.05) is 28.6 Å². The molecule has 0 heterocycles. The number of hydrogen-bond donors (Lipinski definition) is 3. The van der Waals surface area contributed by atoms with Gasteiger partial charge in [0.15, 0.2) is 6.61 Å². The molecule has 10 heteroatoms. The number of amides is 3. The average molecular weight is 511 g/mol. The molecule has 0 aliphatic heterocycles. The monoisotopic (exact) mass is 509 g/mol. The quantitative estimate of drug-likeness (QED) is 0.371. The number of carbonyl (C=O) groups excluding carboxylic acids is 4. The smallest absolute Gasteiger partial charge is 0.306 e. The van der Waals surface area contributed by atoms with E-state index in [1.54, 1.807) is 49.4 Å². The zero-order valence-electron chi connectivity index (χ0n) is 16.7. The molecule has 164 valence electrons. The molecule has 0 aromatic heterocycles. The van der Waals surface area contributed by atoms with E-state index in [1.165, 1.54) is 0 Å². The summed E-state index contributed by atoms with van der Waals surface area (Å²) >= 11 is 9.40. The molecule has 2 rings (SSSR count). The minimum atomic E-state index is -0.609. The van der Waals surface area contributed by atoms with Crippen LogP contribution in [0.25, 0.3) is 0 Å². The third-order valence-electron chi connectivity index (χ3n) is 4.11. The number of hydrogen-bond acceptors (Lipinski definition) is 5. The third kappa shape index (κ3) is 8.03. The largest absolute Gasteiger partial charge is 0.456 e. The summed E-state index contributed by atoms with van der Waals surface area (Å²) in [6.45, 7) is 1.30. The second-order valence-corrected chi connectivity index (χ2v) is 7.70. The molecule has 0 bridgehead atoms. The van der Waals surface area contributed by atoms with Crippen molar-refractivity contribution in [1.29, 1.82) is 0 Å². The molecule has 0 saturated carbocycles. The molecular weight excluding hydrogens is 490 g/mol. The zero-order chi connectivity index (χ0) is 22.8. The van der Waals surface area contributed by atoms with Gasteiger partial charge in [0.25, 0.3) is 11.8 Å². The van der Waals surface area contributed by atoms with Crippen molar-refractivity contribution in [3.05, 3.63) is 63.1 Å². The van der Waals surface area contributed by atoms with Gasteiger partial charge in [-0.15, -0.1) is 0 Å². The number of nitrogens with one attached hydrogen (secondary N) is 3. The lowest BCUT2D eigenvalue weighted by Crippen LogP contribution is -2.41. The Labute approximate surface area is 192 Å². The zero-order valence-corrected chi connectivity index (χ0v) is 19.0. The fourth-order valence-corrected chi connectivity index (χ4v) is 3.03. The molecule has 0 saturated heterocycles. The van der Waals surface area contributed by atoms with Crippen molar-refractivity contribution in [1.82, 2.24) is 10.9 Å². The molecule has 0 aliphatic rings. The minimum Gasteiger partial charge on any atom is -0.456 e. The highest BCUT2D eigenvalue weighted by atomic mass is 79.9. The van der Waals surface area contributed by atoms with E-state index >= 15 is 0 Å². The molecule has 0 spiro atoms. The first kappa shape index (κ1) is 24.4. The van der Waals surface area contributed by atoms with Crippen LogP contribution in [0.1, 0.15) is 35.2 Å². The average Bonchev–Trinajstić information content (AvgIpc) is 2.77. The van der Waals surface area contributed by atoms with Crippen LogP contribution in [0.3, 0.4) is 0 Å². The molecule has 31 heavy (non-hydrogen) atoms. The fraction of sp³-hybridized carbons (Fsp3) is 0.238. The van der Waals surface area contributed by atoms with Crippen molar-refractivity contribution in [2.75, 3.05) is 11.9 Å². The molecule has 8 nitrogen and oxygen atoms in total. The maximum Gasteiger partial charge on any atom is 0.306 e. The number of ether oxygens (including phenoxy) is 1. The lowest BCUT2D eigenvalue weighted by atomic mass is 10.2. The van der Waals surface area contributed by atoms with Crippen LogP contribution in [0.2, 0.25) is 5.02 Å². The predicted molar refractivity (Wildman–Crippen MR) is 119 cm³/mol. The Hall–Kier alpha value is -2.91. The van der Waals surface area contributed by atoms with Crippen molar-refractivity contribution in [3.8, 4) is 0 Å². The van der Waals surface area contributed by atoms with Crippen LogP contribution in [0.5, 0.6) is 0 Å². The summed E-state index contributed by atoms with van der Waals surface area (Å²) in [7, 11) is 0. The summed E-state index contributed by atoms with van der Waals surface area (Å²) in [5.74, 6) is -2.00. The van der Waals surface area contributed by atoms with Gasteiger partial charge in [0.1, 0.15) is 0 Å². The summed E-state index contributed by atoms with van der Waals surface area (Å²) in [4.78, 5) is 47.3. The Morgan fingerprint density at radius 2 is 1.68 bits per heavy atom. The Kier molecular flexibility index (Phi) is 9.48. The van der Waals surface area contributed by atoms with Crippen molar-refractivity contribution in [2.45, 2.75) is 26.2 Å². The number of benzene rings is 2. The first-order valence-corrected chi connectivity index (χ1v) is 10.5. The van der Waals surface area contributed by atoms with Crippen molar-refractivity contribution in [3.63, 3.8) is 0 Å². The van der Waals surface area contributed by atoms with E-state index in [1.807, 2.05) is 0 Å². The van der Waals surface area contributed by atoms with E-state index in [0.717, 1.165) is 0 Å². The van der Waals surface area contributed by atoms with Crippen LogP contribution in [0, 0.1) is 6.92 Å². The number of anilines is 1. The van der Waals surface area contributed by atoms with E-state index in [9.17, 15) is 19.2 Å².